The van der Waals surface area contributed by atoms with E-state index in [0.717, 1.165) is 0 Å². The quantitative estimate of drug-likeness (QED) is 0.147. The second-order valence-electron chi connectivity index (χ2n) is 8.77. The fourth-order valence-corrected chi connectivity index (χ4v) is 4.02. The summed E-state index contributed by atoms with van der Waals surface area (Å²) in [6, 6.07) is 8.62. The first-order valence-electron chi connectivity index (χ1n) is 12.1. The second kappa shape index (κ2) is 13.9. The Bertz CT molecular complexity index is 1090. The average Bonchev–Trinajstić information content (AvgIpc) is 2.95. The van der Waals surface area contributed by atoms with E-state index in [2.05, 4.69) is 0 Å². The minimum absolute atomic E-state index is 0.0563. The number of aliphatic hydroxyl groups excluding tert-OH is 7. The van der Waals surface area contributed by atoms with Gasteiger partial charge in [-0.15, -0.1) is 0 Å². The van der Waals surface area contributed by atoms with Gasteiger partial charge in [0.05, 0.1) is 34.0 Å². The molecule has 2 aromatic rings. The van der Waals surface area contributed by atoms with Gasteiger partial charge in [0.2, 0.25) is 6.29 Å². The third-order valence-corrected chi connectivity index (χ3v) is 6.26. The van der Waals surface area contributed by atoms with Gasteiger partial charge in [0.25, 0.3) is 0 Å². The standard InChI is InChI=1S/C26H34O13/c1-35-18-9-13(15(30)7-8-27)3-5-16(18)37-20(11-28)22(31)14-4-6-17(19(10-14)36-2)38-26-25(34)24(33)23(32)21(12-29)39-26/h3-6,9-10,20-29,31-34H,7-8,11-12H2,1-2H3/t20-,21-,22+,23-,24+,25-,26-/m1/s1. The molecule has 216 valence electrons. The summed E-state index contributed by atoms with van der Waals surface area (Å²) in [5.74, 6) is 0.212. The van der Waals surface area contributed by atoms with Crippen LogP contribution in [0.5, 0.6) is 23.0 Å². The molecule has 3 rings (SSSR count). The van der Waals surface area contributed by atoms with E-state index in [9.17, 15) is 35.4 Å². The van der Waals surface area contributed by atoms with E-state index in [4.69, 9.17) is 28.8 Å². The molecule has 1 aliphatic rings. The minimum atomic E-state index is -1.63. The monoisotopic (exact) mass is 554 g/mol. The Morgan fingerprint density at radius 1 is 0.897 bits per heavy atom. The summed E-state index contributed by atoms with van der Waals surface area (Å²) in [6.07, 6.45) is -10.0. The zero-order valence-electron chi connectivity index (χ0n) is 21.4. The first-order valence-corrected chi connectivity index (χ1v) is 12.1. The predicted molar refractivity (Wildman–Crippen MR) is 133 cm³/mol. The van der Waals surface area contributed by atoms with Crippen molar-refractivity contribution in [2.24, 2.45) is 0 Å². The lowest BCUT2D eigenvalue weighted by molar-refractivity contribution is -0.277. The largest absolute Gasteiger partial charge is 0.493 e. The molecule has 0 aromatic heterocycles. The van der Waals surface area contributed by atoms with Gasteiger partial charge in [0.15, 0.2) is 34.9 Å². The molecule has 0 spiro atoms. The van der Waals surface area contributed by atoms with E-state index >= 15 is 0 Å². The van der Waals surface area contributed by atoms with Crippen LogP contribution in [0, 0.1) is 0 Å². The highest BCUT2D eigenvalue weighted by atomic mass is 16.7. The van der Waals surface area contributed by atoms with Crippen molar-refractivity contribution in [1.29, 1.82) is 0 Å². The predicted octanol–water partition coefficient (Wildman–Crippen LogP) is -1.08. The summed E-state index contributed by atoms with van der Waals surface area (Å²) in [4.78, 5) is 12.1. The molecule has 0 radical (unpaired) electrons. The van der Waals surface area contributed by atoms with Crippen LogP contribution in [0.1, 0.15) is 28.4 Å². The van der Waals surface area contributed by atoms with Crippen molar-refractivity contribution in [2.75, 3.05) is 34.0 Å². The van der Waals surface area contributed by atoms with Gasteiger partial charge in [-0.3, -0.25) is 4.79 Å². The van der Waals surface area contributed by atoms with Crippen molar-refractivity contribution in [1.82, 2.24) is 0 Å². The number of hydrogen-bond donors (Lipinski definition) is 7. The number of carbonyl (C=O) groups excluding carboxylic acids is 1. The Balaban J connectivity index is 1.78. The Kier molecular flexibility index (Phi) is 10.9. The number of ether oxygens (including phenoxy) is 5. The van der Waals surface area contributed by atoms with Crippen LogP contribution in [0.4, 0.5) is 0 Å². The Labute approximate surface area is 224 Å². The maximum Gasteiger partial charge on any atom is 0.229 e. The summed E-state index contributed by atoms with van der Waals surface area (Å²) in [5.41, 5.74) is 0.565. The molecule has 13 nitrogen and oxygen atoms in total. The molecule has 1 fully saturated rings. The first kappa shape index (κ1) is 30.5. The lowest BCUT2D eigenvalue weighted by Crippen LogP contribution is -2.60. The van der Waals surface area contributed by atoms with Crippen LogP contribution in [0.3, 0.4) is 0 Å². The molecule has 0 saturated carbocycles. The van der Waals surface area contributed by atoms with Gasteiger partial charge in [-0.2, -0.15) is 0 Å². The smallest absolute Gasteiger partial charge is 0.229 e. The Morgan fingerprint density at radius 3 is 2.18 bits per heavy atom. The van der Waals surface area contributed by atoms with Crippen LogP contribution in [-0.4, -0.2) is 112 Å². The molecule has 1 aliphatic heterocycles. The van der Waals surface area contributed by atoms with Crippen molar-refractivity contribution in [3.63, 3.8) is 0 Å². The summed E-state index contributed by atoms with van der Waals surface area (Å²) in [5, 5.41) is 69.5. The van der Waals surface area contributed by atoms with Crippen LogP contribution in [-0.2, 0) is 4.74 Å². The Morgan fingerprint density at radius 2 is 1.56 bits per heavy atom. The van der Waals surface area contributed by atoms with E-state index < -0.39 is 56.1 Å². The number of Topliss-reactive ketones (excluding diaryl/α,β-unsaturated/α-hetero) is 1. The average molecular weight is 555 g/mol. The lowest BCUT2D eigenvalue weighted by atomic mass is 9.99. The maximum atomic E-state index is 12.1. The fourth-order valence-electron chi connectivity index (χ4n) is 4.02. The molecule has 0 aliphatic carbocycles. The van der Waals surface area contributed by atoms with Crippen LogP contribution < -0.4 is 18.9 Å². The van der Waals surface area contributed by atoms with Gasteiger partial charge >= 0.3 is 0 Å². The van der Waals surface area contributed by atoms with Crippen molar-refractivity contribution >= 4 is 5.78 Å². The number of hydrogen-bond acceptors (Lipinski definition) is 13. The van der Waals surface area contributed by atoms with E-state index in [1.807, 2.05) is 0 Å². The van der Waals surface area contributed by atoms with Crippen LogP contribution in [0.2, 0.25) is 0 Å². The molecule has 0 amide bonds. The van der Waals surface area contributed by atoms with Gasteiger partial charge < -0.3 is 59.4 Å². The number of rotatable bonds is 13. The molecule has 2 aromatic carbocycles. The highest BCUT2D eigenvalue weighted by molar-refractivity contribution is 5.96. The number of benzene rings is 2. The lowest BCUT2D eigenvalue weighted by Gasteiger charge is -2.39. The topological polar surface area (TPSA) is 205 Å². The van der Waals surface area contributed by atoms with Crippen molar-refractivity contribution < 1.29 is 64.2 Å². The molecule has 0 unspecified atom stereocenters. The number of ketones is 1. The summed E-state index contributed by atoms with van der Waals surface area (Å²) in [7, 11) is 2.70. The van der Waals surface area contributed by atoms with Gasteiger partial charge in [-0.05, 0) is 35.9 Å². The molecule has 0 bridgehead atoms. The van der Waals surface area contributed by atoms with Crippen molar-refractivity contribution in [2.45, 2.75) is 49.3 Å². The third-order valence-electron chi connectivity index (χ3n) is 6.26. The zero-order valence-corrected chi connectivity index (χ0v) is 21.4. The Hall–Kier alpha value is -3.01. The molecular weight excluding hydrogens is 520 g/mol. The van der Waals surface area contributed by atoms with Crippen LogP contribution in [0.15, 0.2) is 36.4 Å². The van der Waals surface area contributed by atoms with E-state index in [-0.39, 0.29) is 47.4 Å². The van der Waals surface area contributed by atoms with Gasteiger partial charge in [-0.1, -0.05) is 6.07 Å². The molecule has 1 heterocycles. The maximum absolute atomic E-state index is 12.1. The third kappa shape index (κ3) is 6.96. The summed E-state index contributed by atoms with van der Waals surface area (Å²) < 4.78 is 27.4. The highest BCUT2D eigenvalue weighted by Crippen LogP contribution is 2.36. The summed E-state index contributed by atoms with van der Waals surface area (Å²) in [6.45, 7) is -1.52. The summed E-state index contributed by atoms with van der Waals surface area (Å²) >= 11 is 0. The molecule has 1 saturated heterocycles. The first-order chi connectivity index (χ1) is 18.7. The van der Waals surface area contributed by atoms with Crippen LogP contribution in [0.25, 0.3) is 0 Å². The molecule has 13 heteroatoms. The van der Waals surface area contributed by atoms with Crippen LogP contribution >= 0.6 is 0 Å². The zero-order chi connectivity index (χ0) is 28.7. The number of aliphatic hydroxyl groups is 7. The van der Waals surface area contributed by atoms with Crippen molar-refractivity contribution in [3.8, 4) is 23.0 Å². The van der Waals surface area contributed by atoms with Gasteiger partial charge in [-0.25, -0.2) is 0 Å². The highest BCUT2D eigenvalue weighted by Gasteiger charge is 2.45. The number of methoxy groups -OCH3 is 2. The van der Waals surface area contributed by atoms with Gasteiger partial charge in [0, 0.05) is 12.0 Å². The van der Waals surface area contributed by atoms with E-state index in [1.54, 1.807) is 0 Å². The van der Waals surface area contributed by atoms with Gasteiger partial charge in [0.1, 0.15) is 30.5 Å². The minimum Gasteiger partial charge on any atom is -0.493 e. The SMILES string of the molecule is COc1cc([C@H](O)[C@@H](CO)Oc2ccc(C(=O)CCO)cc2OC)ccc1O[C@@H]1O[C@H](CO)[C@@H](O)[C@H](O)[C@H]1O. The second-order valence-corrected chi connectivity index (χ2v) is 8.77. The molecular formula is C26H34O13. The normalized spacial score (nSPS) is 24.5. The molecule has 39 heavy (non-hydrogen) atoms. The molecule has 7 N–H and O–H groups in total. The van der Waals surface area contributed by atoms with Crippen molar-refractivity contribution in [3.05, 3.63) is 47.5 Å². The number of carbonyl (C=O) groups is 1. The van der Waals surface area contributed by atoms with E-state index in [0.29, 0.717) is 5.56 Å². The van der Waals surface area contributed by atoms with E-state index in [1.165, 1.54) is 50.6 Å². The fraction of sp³-hybridized carbons (Fsp3) is 0.500. The molecule has 7 atom stereocenters.